The predicted molar refractivity (Wildman–Crippen MR) is 14.6 cm³/mol. The van der Waals surface area contributed by atoms with Crippen molar-refractivity contribution in [1.82, 2.24) is 0 Å². The maximum absolute atomic E-state index is 9.28. The van der Waals surface area contributed by atoms with Crippen molar-refractivity contribution in [2.75, 3.05) is 0 Å². The molecule has 0 aliphatic heterocycles. The number of carbonyl (C=O) groups excluding carboxylic acids is 2. The molecule has 0 heterocycles. The smallest absolute Gasteiger partial charge is 0.550 e. The fraction of sp³-hybridized carbons (Fsp3) is 0.333. The molecule has 0 N–H and O–H groups in total. The van der Waals surface area contributed by atoms with Gasteiger partial charge in [0.1, 0.15) is 0 Å². The Balaban J connectivity index is -0.0000000600. The average Bonchev–Trinajstić information content (AvgIpc) is 1.27. The van der Waals surface area contributed by atoms with Gasteiger partial charge in [0, 0.05) is 18.4 Å². The fourth-order valence-corrected chi connectivity index (χ4v) is 0.118. The third kappa shape index (κ3) is 22.5. The van der Waals surface area contributed by atoms with Crippen molar-refractivity contribution < 1.29 is 108 Å². The minimum atomic E-state index is -1.63. The molecular weight excluding hydrogens is 169 g/mol. The standard InChI is InChI=1S/C3H4O4.3Na/c4-2(5)1-3(6)7;;;/h1H2,(H,4,5)(H,6,7);;;/q;3*+1/p-2. The minimum Gasteiger partial charge on any atom is -0.550 e. The van der Waals surface area contributed by atoms with Gasteiger partial charge in [0.25, 0.3) is 0 Å². The first-order valence-corrected chi connectivity index (χ1v) is 1.52. The van der Waals surface area contributed by atoms with Gasteiger partial charge >= 0.3 is 88.7 Å². The molecule has 0 aromatic rings. The molecule has 0 unspecified atom stereocenters. The van der Waals surface area contributed by atoms with Gasteiger partial charge in [-0.2, -0.15) is 0 Å². The Morgan fingerprint density at radius 1 is 0.900 bits per heavy atom. The van der Waals surface area contributed by atoms with Crippen molar-refractivity contribution in [2.24, 2.45) is 0 Å². The van der Waals surface area contributed by atoms with Crippen LogP contribution >= 0.6 is 0 Å². The van der Waals surface area contributed by atoms with Crippen molar-refractivity contribution in [3.63, 3.8) is 0 Å². The first kappa shape index (κ1) is 22.7. The number of carboxylic acids is 2. The van der Waals surface area contributed by atoms with Crippen LogP contribution in [0.3, 0.4) is 0 Å². The van der Waals surface area contributed by atoms with E-state index in [0.29, 0.717) is 0 Å². The van der Waals surface area contributed by atoms with E-state index in [-0.39, 0.29) is 88.7 Å². The van der Waals surface area contributed by atoms with Crippen LogP contribution in [0, 0.1) is 0 Å². The maximum Gasteiger partial charge on any atom is 1.00 e. The van der Waals surface area contributed by atoms with Crippen molar-refractivity contribution in [3.8, 4) is 0 Å². The summed E-state index contributed by atoms with van der Waals surface area (Å²) < 4.78 is 0. The van der Waals surface area contributed by atoms with Gasteiger partial charge < -0.3 is 19.8 Å². The van der Waals surface area contributed by atoms with Crippen molar-refractivity contribution in [2.45, 2.75) is 6.42 Å². The van der Waals surface area contributed by atoms with Gasteiger partial charge in [-0.15, -0.1) is 0 Å². The van der Waals surface area contributed by atoms with Crippen LogP contribution in [0.15, 0.2) is 0 Å². The molecule has 0 aromatic carbocycles. The Hall–Kier alpha value is 1.94. The molecule has 0 aromatic heterocycles. The summed E-state index contributed by atoms with van der Waals surface area (Å²) in [5.74, 6) is -3.25. The van der Waals surface area contributed by atoms with E-state index in [1.54, 1.807) is 0 Å². The normalized spacial score (nSPS) is 5.60. The summed E-state index contributed by atoms with van der Waals surface area (Å²) in [5.41, 5.74) is 0. The molecule has 0 amide bonds. The molecule has 7 heteroatoms. The summed E-state index contributed by atoms with van der Waals surface area (Å²) >= 11 is 0. The first-order valence-electron chi connectivity index (χ1n) is 1.52. The van der Waals surface area contributed by atoms with Crippen LogP contribution in [0.25, 0.3) is 0 Å². The summed E-state index contributed by atoms with van der Waals surface area (Å²) in [4.78, 5) is 18.6. The first-order chi connectivity index (χ1) is 3.13. The summed E-state index contributed by atoms with van der Waals surface area (Å²) in [6, 6.07) is 0. The molecule has 40 valence electrons. The number of carboxylic acid groups (broad SMARTS) is 2. The number of carbonyl (C=O) groups is 2. The van der Waals surface area contributed by atoms with E-state index < -0.39 is 18.4 Å². The van der Waals surface area contributed by atoms with Crippen LogP contribution in [0.4, 0.5) is 0 Å². The van der Waals surface area contributed by atoms with Crippen LogP contribution in [0.5, 0.6) is 0 Å². The second kappa shape index (κ2) is 13.5. The van der Waals surface area contributed by atoms with E-state index >= 15 is 0 Å². The molecule has 0 saturated heterocycles. The molecule has 0 spiro atoms. The Labute approximate surface area is 125 Å². The van der Waals surface area contributed by atoms with E-state index in [4.69, 9.17) is 0 Å². The fourth-order valence-electron chi connectivity index (χ4n) is 0.118. The Kier molecular flexibility index (Phi) is 30.7. The predicted octanol–water partition coefficient (Wildman–Crippen LogP) is -12.1. The maximum atomic E-state index is 9.28. The van der Waals surface area contributed by atoms with Gasteiger partial charge in [-0.3, -0.25) is 0 Å². The zero-order chi connectivity index (χ0) is 5.86. The summed E-state index contributed by atoms with van der Waals surface area (Å²) in [5, 5.41) is 18.6. The van der Waals surface area contributed by atoms with Crippen LogP contribution in [-0.4, -0.2) is 11.9 Å². The van der Waals surface area contributed by atoms with Crippen molar-refractivity contribution >= 4 is 11.9 Å². The van der Waals surface area contributed by atoms with Crippen LogP contribution in [0.1, 0.15) is 6.42 Å². The van der Waals surface area contributed by atoms with Gasteiger partial charge in [0.15, 0.2) is 0 Å². The summed E-state index contributed by atoms with van der Waals surface area (Å²) in [6.07, 6.45) is -1.03. The molecule has 0 radical (unpaired) electrons. The molecular formula is C3H2Na3O4+. The summed E-state index contributed by atoms with van der Waals surface area (Å²) in [7, 11) is 0. The second-order valence-electron chi connectivity index (χ2n) is 0.921. The second-order valence-corrected chi connectivity index (χ2v) is 0.921. The molecule has 0 rings (SSSR count). The molecule has 4 nitrogen and oxygen atoms in total. The topological polar surface area (TPSA) is 80.3 Å². The van der Waals surface area contributed by atoms with E-state index in [0.717, 1.165) is 0 Å². The van der Waals surface area contributed by atoms with Gasteiger partial charge in [-0.25, -0.2) is 0 Å². The van der Waals surface area contributed by atoms with E-state index in [2.05, 4.69) is 0 Å². The Morgan fingerprint density at radius 2 is 1.10 bits per heavy atom. The van der Waals surface area contributed by atoms with Gasteiger partial charge in [-0.1, -0.05) is 0 Å². The molecule has 0 aliphatic carbocycles. The van der Waals surface area contributed by atoms with Gasteiger partial charge in [-0.05, 0) is 0 Å². The van der Waals surface area contributed by atoms with E-state index in [9.17, 15) is 19.8 Å². The SMILES string of the molecule is O=C([O-])CC(=O)[O-].[Na+].[Na+].[Na+]. The van der Waals surface area contributed by atoms with Crippen molar-refractivity contribution in [1.29, 1.82) is 0 Å². The van der Waals surface area contributed by atoms with Gasteiger partial charge in [0.2, 0.25) is 0 Å². The third-order valence-electron chi connectivity index (χ3n) is 0.289. The van der Waals surface area contributed by atoms with Crippen LogP contribution in [0.2, 0.25) is 0 Å². The quantitative estimate of drug-likeness (QED) is 0.305. The monoisotopic (exact) mass is 171 g/mol. The van der Waals surface area contributed by atoms with Gasteiger partial charge in [0.05, 0.1) is 0 Å². The van der Waals surface area contributed by atoms with Crippen LogP contribution in [-0.2, 0) is 9.59 Å². The molecule has 0 atom stereocenters. The zero-order valence-electron chi connectivity index (χ0n) is 6.34. The largest absolute Gasteiger partial charge is 1.00 e. The number of rotatable bonds is 2. The Morgan fingerprint density at radius 3 is 1.10 bits per heavy atom. The van der Waals surface area contributed by atoms with Crippen molar-refractivity contribution in [3.05, 3.63) is 0 Å². The zero-order valence-corrected chi connectivity index (χ0v) is 12.3. The number of hydrogen-bond acceptors (Lipinski definition) is 4. The molecule has 0 bridgehead atoms. The van der Waals surface area contributed by atoms with E-state index in [1.165, 1.54) is 0 Å². The van der Waals surface area contributed by atoms with Crippen LogP contribution < -0.4 is 98.9 Å². The molecule has 0 aliphatic rings. The molecule has 10 heavy (non-hydrogen) atoms. The summed E-state index contributed by atoms with van der Waals surface area (Å²) in [6.45, 7) is 0. The Bertz CT molecular complexity index is 91.9. The van der Waals surface area contributed by atoms with E-state index in [1.807, 2.05) is 0 Å². The third-order valence-corrected chi connectivity index (χ3v) is 0.289. The average molecular weight is 171 g/mol. The molecule has 0 fully saturated rings. The molecule has 0 saturated carbocycles. The number of hydrogen-bond donors (Lipinski definition) is 0. The minimum absolute atomic E-state index is 0. The number of aliphatic carboxylic acids is 2.